The summed E-state index contributed by atoms with van der Waals surface area (Å²) in [4.78, 5) is 13.7. The molecular weight excluding hydrogens is 189 g/mol. The van der Waals surface area contributed by atoms with Crippen molar-refractivity contribution in [1.29, 1.82) is 0 Å². The minimum absolute atomic E-state index is 0. The second-order valence-electron chi connectivity index (χ2n) is 2.79. The molecule has 1 aromatic heterocycles. The second-order valence-corrected chi connectivity index (χ2v) is 2.79. The van der Waals surface area contributed by atoms with Crippen LogP contribution in [-0.4, -0.2) is 40.5 Å². The molecule has 0 aliphatic rings. The van der Waals surface area contributed by atoms with Crippen LogP contribution >= 0.6 is 0 Å². The summed E-state index contributed by atoms with van der Waals surface area (Å²) < 4.78 is 5.00. The van der Waals surface area contributed by atoms with Gasteiger partial charge in [0.05, 0.1) is 0 Å². The Morgan fingerprint density at radius 1 is 1.36 bits per heavy atom. The second kappa shape index (κ2) is 4.64. The van der Waals surface area contributed by atoms with E-state index in [-0.39, 0.29) is 35.5 Å². The molecule has 14 heavy (non-hydrogen) atoms. The zero-order valence-corrected chi connectivity index (χ0v) is 7.20. The van der Waals surface area contributed by atoms with Crippen LogP contribution in [0.5, 0.6) is 5.75 Å². The molecule has 0 saturated heterocycles. The number of hydrogen-bond acceptors (Lipinski definition) is 2. The fourth-order valence-electron chi connectivity index (χ4n) is 1.28. The Labute approximate surface area is 104 Å². The number of esters is 1. The summed E-state index contributed by atoms with van der Waals surface area (Å²) in [7, 11) is 0. The van der Waals surface area contributed by atoms with Crippen molar-refractivity contribution in [3.8, 4) is 5.75 Å². The summed E-state index contributed by atoms with van der Waals surface area (Å²) >= 11 is 0. The first-order chi connectivity index (χ1) is 6.27. The third-order valence-electron chi connectivity index (χ3n) is 1.80. The van der Waals surface area contributed by atoms with Crippen molar-refractivity contribution in [3.05, 3.63) is 30.5 Å². The Balaban J connectivity index is 0.000000980. The fourth-order valence-corrected chi connectivity index (χ4v) is 1.28. The SMILES string of the molecule is CC(=O)Oc1c[nH]c2ccccc12.[NaH]. The molecule has 0 unspecified atom stereocenters. The van der Waals surface area contributed by atoms with Crippen molar-refractivity contribution in [2.24, 2.45) is 0 Å². The molecule has 0 aliphatic heterocycles. The maximum atomic E-state index is 10.7. The van der Waals surface area contributed by atoms with E-state index in [0.717, 1.165) is 10.9 Å². The van der Waals surface area contributed by atoms with Crippen molar-refractivity contribution in [2.45, 2.75) is 6.92 Å². The Bertz CT molecular complexity index is 450. The quantitative estimate of drug-likeness (QED) is 0.557. The van der Waals surface area contributed by atoms with Gasteiger partial charge in [-0.1, -0.05) is 12.1 Å². The molecule has 0 saturated carbocycles. The van der Waals surface area contributed by atoms with Crippen LogP contribution in [0.25, 0.3) is 10.9 Å². The molecule has 0 spiro atoms. The van der Waals surface area contributed by atoms with E-state index < -0.39 is 0 Å². The van der Waals surface area contributed by atoms with Gasteiger partial charge in [0.15, 0.2) is 5.75 Å². The number of benzene rings is 1. The van der Waals surface area contributed by atoms with Crippen molar-refractivity contribution < 1.29 is 9.53 Å². The van der Waals surface area contributed by atoms with Gasteiger partial charge in [0.2, 0.25) is 0 Å². The first kappa shape index (κ1) is 11.3. The van der Waals surface area contributed by atoms with E-state index in [2.05, 4.69) is 4.98 Å². The van der Waals surface area contributed by atoms with E-state index in [1.54, 1.807) is 6.20 Å². The minimum atomic E-state index is -0.301. The molecule has 0 fully saturated rings. The molecule has 1 heterocycles. The number of hydrogen-bond donors (Lipinski definition) is 1. The molecule has 2 rings (SSSR count). The molecule has 3 nitrogen and oxygen atoms in total. The molecule has 1 N–H and O–H groups in total. The molecule has 0 radical (unpaired) electrons. The maximum absolute atomic E-state index is 10.7. The van der Waals surface area contributed by atoms with E-state index in [0.29, 0.717) is 5.75 Å². The van der Waals surface area contributed by atoms with Crippen LogP contribution in [0.2, 0.25) is 0 Å². The number of rotatable bonds is 1. The van der Waals surface area contributed by atoms with Gasteiger partial charge in [0, 0.05) is 24.0 Å². The van der Waals surface area contributed by atoms with Crippen LogP contribution in [0.3, 0.4) is 0 Å². The monoisotopic (exact) mass is 199 g/mol. The van der Waals surface area contributed by atoms with Crippen molar-refractivity contribution in [2.75, 3.05) is 0 Å². The summed E-state index contributed by atoms with van der Waals surface area (Å²) in [5, 5.41) is 0.928. The number of aromatic amines is 1. The normalized spacial score (nSPS) is 9.50. The molecule has 1 aromatic carbocycles. The number of ether oxygens (including phenoxy) is 1. The summed E-state index contributed by atoms with van der Waals surface area (Å²) in [5.41, 5.74) is 0.971. The Morgan fingerprint density at radius 2 is 2.07 bits per heavy atom. The zero-order chi connectivity index (χ0) is 9.26. The first-order valence-electron chi connectivity index (χ1n) is 4.02. The number of nitrogens with one attached hydrogen (secondary N) is 1. The van der Waals surface area contributed by atoms with Gasteiger partial charge in [-0.25, -0.2) is 0 Å². The first-order valence-corrected chi connectivity index (χ1v) is 4.02. The van der Waals surface area contributed by atoms with Crippen molar-refractivity contribution >= 4 is 46.4 Å². The zero-order valence-electron chi connectivity index (χ0n) is 7.20. The van der Waals surface area contributed by atoms with Crippen LogP contribution in [0.4, 0.5) is 0 Å². The molecule has 4 heteroatoms. The van der Waals surface area contributed by atoms with E-state index in [1.807, 2.05) is 24.3 Å². The average Bonchev–Trinajstić information content (AvgIpc) is 2.48. The number of carbonyl (C=O) groups is 1. The van der Waals surface area contributed by atoms with Crippen LogP contribution < -0.4 is 4.74 Å². The van der Waals surface area contributed by atoms with Gasteiger partial charge in [-0.15, -0.1) is 0 Å². The predicted molar refractivity (Wildman–Crippen MR) is 56.8 cm³/mol. The van der Waals surface area contributed by atoms with Crippen molar-refractivity contribution in [1.82, 2.24) is 4.98 Å². The molecule has 0 bridgehead atoms. The van der Waals surface area contributed by atoms with E-state index in [1.165, 1.54) is 6.92 Å². The molecule has 68 valence electrons. The third-order valence-corrected chi connectivity index (χ3v) is 1.80. The van der Waals surface area contributed by atoms with Crippen LogP contribution in [-0.2, 0) is 4.79 Å². The van der Waals surface area contributed by atoms with Gasteiger partial charge >= 0.3 is 35.5 Å². The van der Waals surface area contributed by atoms with E-state index >= 15 is 0 Å². The van der Waals surface area contributed by atoms with Crippen LogP contribution in [0.15, 0.2) is 30.5 Å². The topological polar surface area (TPSA) is 42.1 Å². The molecular formula is C10H10NNaO2. The Kier molecular flexibility index (Phi) is 3.75. The number of fused-ring (bicyclic) bond motifs is 1. The third kappa shape index (κ3) is 2.18. The number of aromatic nitrogens is 1. The van der Waals surface area contributed by atoms with Gasteiger partial charge in [-0.2, -0.15) is 0 Å². The Morgan fingerprint density at radius 3 is 2.79 bits per heavy atom. The summed E-state index contributed by atoms with van der Waals surface area (Å²) in [6, 6.07) is 7.67. The average molecular weight is 199 g/mol. The van der Waals surface area contributed by atoms with Crippen LogP contribution in [0.1, 0.15) is 6.92 Å². The Hall–Kier alpha value is -0.770. The molecule has 2 aromatic rings. The predicted octanol–water partition coefficient (Wildman–Crippen LogP) is 1.44. The summed E-state index contributed by atoms with van der Waals surface area (Å²) in [6.45, 7) is 1.39. The molecule has 0 amide bonds. The molecule has 0 aliphatic carbocycles. The van der Waals surface area contributed by atoms with Crippen LogP contribution in [0, 0.1) is 0 Å². The van der Waals surface area contributed by atoms with E-state index in [4.69, 9.17) is 4.74 Å². The van der Waals surface area contributed by atoms with Gasteiger partial charge in [-0.3, -0.25) is 4.79 Å². The number of carbonyl (C=O) groups excluding carboxylic acids is 1. The van der Waals surface area contributed by atoms with Gasteiger partial charge in [0.1, 0.15) is 0 Å². The van der Waals surface area contributed by atoms with Gasteiger partial charge in [-0.05, 0) is 12.1 Å². The molecule has 0 atom stereocenters. The van der Waals surface area contributed by atoms with E-state index in [9.17, 15) is 4.79 Å². The fraction of sp³-hybridized carbons (Fsp3) is 0.100. The standard InChI is InChI=1S/C10H9NO2.Na.H/c1-7(12)13-10-6-11-9-5-3-2-4-8(9)10;;/h2-6,11H,1H3;;. The van der Waals surface area contributed by atoms with Gasteiger partial charge in [0.25, 0.3) is 0 Å². The summed E-state index contributed by atoms with van der Waals surface area (Å²) in [6.07, 6.45) is 1.69. The van der Waals surface area contributed by atoms with Gasteiger partial charge < -0.3 is 9.72 Å². The number of para-hydroxylation sites is 1. The van der Waals surface area contributed by atoms with Crippen molar-refractivity contribution in [3.63, 3.8) is 0 Å². The summed E-state index contributed by atoms with van der Waals surface area (Å²) in [5.74, 6) is 0.285. The number of H-pyrrole nitrogens is 1.